The molecule has 122 valence electrons. The first-order valence-electron chi connectivity index (χ1n) is 7.25. The van der Waals surface area contributed by atoms with Crippen molar-refractivity contribution < 1.29 is 9.21 Å². The van der Waals surface area contributed by atoms with E-state index in [9.17, 15) is 4.79 Å². The molecular weight excluding hydrogens is 314 g/mol. The lowest BCUT2D eigenvalue weighted by Gasteiger charge is -2.24. The van der Waals surface area contributed by atoms with Crippen LogP contribution in [0.3, 0.4) is 0 Å². The maximum atomic E-state index is 12.4. The topological polar surface area (TPSA) is 153 Å². The molecule has 11 nitrogen and oxygen atoms in total. The summed E-state index contributed by atoms with van der Waals surface area (Å²) in [5.41, 5.74) is 7.67. The van der Waals surface area contributed by atoms with Gasteiger partial charge in [-0.3, -0.25) is 4.79 Å². The normalized spacial score (nSPS) is 13.8. The number of aromatic nitrogens is 7. The highest BCUT2D eigenvalue weighted by Crippen LogP contribution is 2.18. The zero-order valence-corrected chi connectivity index (χ0v) is 12.5. The number of anilines is 1. The Morgan fingerprint density at radius 2 is 2.04 bits per heavy atom. The van der Waals surface area contributed by atoms with Crippen molar-refractivity contribution in [1.29, 1.82) is 0 Å². The van der Waals surface area contributed by atoms with Gasteiger partial charge in [-0.25, -0.2) is 9.97 Å². The summed E-state index contributed by atoms with van der Waals surface area (Å²) in [6.45, 7) is 1.02. The number of aromatic amines is 1. The highest BCUT2D eigenvalue weighted by Gasteiger charge is 2.25. The number of fused-ring (bicyclic) bond motifs is 1. The number of nitrogens with one attached hydrogen (secondary N) is 1. The Morgan fingerprint density at radius 3 is 2.88 bits per heavy atom. The van der Waals surface area contributed by atoms with E-state index in [1.807, 2.05) is 0 Å². The number of hydrogen-bond donors (Lipinski definition) is 2. The molecule has 0 saturated carbocycles. The van der Waals surface area contributed by atoms with Gasteiger partial charge < -0.3 is 15.1 Å². The summed E-state index contributed by atoms with van der Waals surface area (Å²) in [5.74, 6) is 0.534. The van der Waals surface area contributed by atoms with Crippen LogP contribution in [0.2, 0.25) is 0 Å². The summed E-state index contributed by atoms with van der Waals surface area (Å²) >= 11 is 0. The van der Waals surface area contributed by atoms with Crippen molar-refractivity contribution in [2.75, 3.05) is 12.3 Å². The summed E-state index contributed by atoms with van der Waals surface area (Å²) in [5, 5.41) is 18.5. The van der Waals surface area contributed by atoms with Crippen molar-refractivity contribution in [2.24, 2.45) is 0 Å². The van der Waals surface area contributed by atoms with E-state index in [0.717, 1.165) is 11.4 Å². The minimum atomic E-state index is -0.104. The number of carbonyl (C=O) groups excluding carboxylic acids is 1. The van der Waals surface area contributed by atoms with Crippen LogP contribution in [0.15, 0.2) is 16.8 Å². The molecule has 0 radical (unpaired) electrons. The van der Waals surface area contributed by atoms with Gasteiger partial charge in [0.25, 0.3) is 5.89 Å². The molecule has 0 fully saturated rings. The fourth-order valence-electron chi connectivity index (χ4n) is 2.45. The molecule has 0 aromatic carbocycles. The molecule has 0 spiro atoms. The molecule has 11 heteroatoms. The second-order valence-electron chi connectivity index (χ2n) is 5.29. The van der Waals surface area contributed by atoms with Gasteiger partial charge in [0.1, 0.15) is 12.1 Å². The molecule has 0 saturated heterocycles. The van der Waals surface area contributed by atoms with E-state index in [-0.39, 0.29) is 30.1 Å². The molecule has 3 aromatic rings. The van der Waals surface area contributed by atoms with Crippen LogP contribution in [0.5, 0.6) is 0 Å². The zero-order valence-electron chi connectivity index (χ0n) is 12.5. The Bertz CT molecular complexity index is 870. The highest BCUT2D eigenvalue weighted by atomic mass is 16.4. The van der Waals surface area contributed by atoms with Crippen molar-refractivity contribution in [3.8, 4) is 11.5 Å². The van der Waals surface area contributed by atoms with E-state index in [1.54, 1.807) is 4.90 Å². The molecule has 4 heterocycles. The lowest BCUT2D eigenvalue weighted by Crippen LogP contribution is -2.37. The van der Waals surface area contributed by atoms with Crippen LogP contribution in [-0.4, -0.2) is 52.9 Å². The lowest BCUT2D eigenvalue weighted by molar-refractivity contribution is -0.131. The molecule has 4 rings (SSSR count). The molecule has 0 aliphatic carbocycles. The molecule has 3 aromatic heterocycles. The maximum absolute atomic E-state index is 12.4. The van der Waals surface area contributed by atoms with Crippen LogP contribution >= 0.6 is 0 Å². The fourth-order valence-corrected chi connectivity index (χ4v) is 2.45. The largest absolute Gasteiger partial charge is 0.420 e. The first-order valence-corrected chi connectivity index (χ1v) is 7.25. The lowest BCUT2D eigenvalue weighted by atomic mass is 10.1. The summed E-state index contributed by atoms with van der Waals surface area (Å²) in [7, 11) is 0. The van der Waals surface area contributed by atoms with E-state index < -0.39 is 0 Å². The van der Waals surface area contributed by atoms with Gasteiger partial charge in [-0.1, -0.05) is 0 Å². The number of nitrogens with zero attached hydrogens (tertiary/aromatic N) is 7. The predicted molar refractivity (Wildman–Crippen MR) is 78.9 cm³/mol. The Balaban J connectivity index is 1.44. The van der Waals surface area contributed by atoms with Gasteiger partial charge >= 0.3 is 0 Å². The Hall–Kier alpha value is -3.37. The average Bonchev–Trinajstić information content (AvgIpc) is 3.24. The van der Waals surface area contributed by atoms with Crippen LogP contribution in [-0.2, 0) is 24.2 Å². The third kappa shape index (κ3) is 2.66. The first-order chi connectivity index (χ1) is 11.7. The van der Waals surface area contributed by atoms with Crippen LogP contribution in [0.25, 0.3) is 11.5 Å². The van der Waals surface area contributed by atoms with Gasteiger partial charge in [0, 0.05) is 25.4 Å². The van der Waals surface area contributed by atoms with E-state index >= 15 is 0 Å². The van der Waals surface area contributed by atoms with Crippen molar-refractivity contribution in [3.63, 3.8) is 0 Å². The van der Waals surface area contributed by atoms with Gasteiger partial charge in [-0.05, 0) is 0 Å². The second-order valence-corrected chi connectivity index (χ2v) is 5.29. The molecule has 0 unspecified atom stereocenters. The number of nitrogens with two attached hydrogens (primary N) is 1. The number of amides is 1. The number of rotatable bonds is 3. The van der Waals surface area contributed by atoms with Crippen LogP contribution in [0.4, 0.5) is 5.95 Å². The SMILES string of the molecule is Nc1ncc(-c2nnc(CC(=O)N3CCc4n[nH]nc4C3)o2)cn1. The Labute approximate surface area is 135 Å². The van der Waals surface area contributed by atoms with Gasteiger partial charge in [-0.15, -0.1) is 10.2 Å². The quantitative estimate of drug-likeness (QED) is 0.639. The molecular formula is C13H13N9O2. The van der Waals surface area contributed by atoms with Crippen LogP contribution < -0.4 is 5.73 Å². The summed E-state index contributed by atoms with van der Waals surface area (Å²) in [6, 6.07) is 0. The summed E-state index contributed by atoms with van der Waals surface area (Å²) in [4.78, 5) is 21.8. The standard InChI is InChI=1S/C13H13N9O2/c14-13-15-4-7(5-16-13)12-20-19-10(24-12)3-11(23)22-2-1-8-9(6-22)18-21-17-8/h4-5H,1-3,6H2,(H2,14,15,16)(H,17,18,21). The highest BCUT2D eigenvalue weighted by molar-refractivity contribution is 5.78. The molecule has 1 amide bonds. The van der Waals surface area contributed by atoms with Crippen molar-refractivity contribution in [1.82, 2.24) is 40.5 Å². The van der Waals surface area contributed by atoms with Gasteiger partial charge in [0.05, 0.1) is 17.8 Å². The fraction of sp³-hybridized carbons (Fsp3) is 0.308. The zero-order chi connectivity index (χ0) is 16.5. The van der Waals surface area contributed by atoms with Crippen molar-refractivity contribution >= 4 is 11.9 Å². The van der Waals surface area contributed by atoms with Crippen molar-refractivity contribution in [3.05, 3.63) is 29.7 Å². The molecule has 24 heavy (non-hydrogen) atoms. The third-order valence-electron chi connectivity index (χ3n) is 3.70. The molecule has 1 aliphatic heterocycles. The molecule has 1 aliphatic rings. The molecule has 0 atom stereocenters. The molecule has 3 N–H and O–H groups in total. The predicted octanol–water partition coefficient (Wildman–Crippen LogP) is -0.646. The summed E-state index contributed by atoms with van der Waals surface area (Å²) in [6.07, 6.45) is 3.67. The minimum absolute atomic E-state index is 0.0238. The minimum Gasteiger partial charge on any atom is -0.420 e. The maximum Gasteiger partial charge on any atom is 0.250 e. The van der Waals surface area contributed by atoms with Crippen LogP contribution in [0, 0.1) is 0 Å². The Kier molecular flexibility index (Phi) is 3.37. The number of hydrogen-bond acceptors (Lipinski definition) is 9. The first kappa shape index (κ1) is 14.2. The van der Waals surface area contributed by atoms with Gasteiger partial charge in [0.15, 0.2) is 0 Å². The third-order valence-corrected chi connectivity index (χ3v) is 3.70. The van der Waals surface area contributed by atoms with E-state index in [4.69, 9.17) is 10.2 Å². The monoisotopic (exact) mass is 327 g/mol. The van der Waals surface area contributed by atoms with E-state index in [2.05, 4.69) is 35.6 Å². The summed E-state index contributed by atoms with van der Waals surface area (Å²) < 4.78 is 5.50. The number of H-pyrrole nitrogens is 1. The second kappa shape index (κ2) is 5.68. The van der Waals surface area contributed by atoms with Gasteiger partial charge in [0.2, 0.25) is 17.7 Å². The smallest absolute Gasteiger partial charge is 0.250 e. The Morgan fingerprint density at radius 1 is 1.25 bits per heavy atom. The van der Waals surface area contributed by atoms with E-state index in [0.29, 0.717) is 25.1 Å². The number of nitrogen functional groups attached to an aromatic ring is 1. The van der Waals surface area contributed by atoms with E-state index in [1.165, 1.54) is 12.4 Å². The number of carbonyl (C=O) groups is 1. The molecule has 0 bridgehead atoms. The van der Waals surface area contributed by atoms with Crippen molar-refractivity contribution in [2.45, 2.75) is 19.4 Å². The van der Waals surface area contributed by atoms with Gasteiger partial charge in [-0.2, -0.15) is 15.4 Å². The van der Waals surface area contributed by atoms with Crippen LogP contribution in [0.1, 0.15) is 17.3 Å². The average molecular weight is 327 g/mol.